The van der Waals surface area contributed by atoms with Crippen molar-refractivity contribution in [1.82, 2.24) is 5.32 Å². The summed E-state index contributed by atoms with van der Waals surface area (Å²) in [7, 11) is 5.84. The monoisotopic (exact) mass is 386 g/mol. The lowest BCUT2D eigenvalue weighted by atomic mass is 10.2. The van der Waals surface area contributed by atoms with E-state index in [0.717, 1.165) is 5.56 Å². The lowest BCUT2D eigenvalue weighted by Crippen LogP contribution is -2.50. The molecule has 0 aromatic heterocycles. The van der Waals surface area contributed by atoms with Gasteiger partial charge >= 0.3 is 12.0 Å². The standard InChI is InChI=1S/C21H27N3O4/c1-24(2,3)14-18(13-20(25)26)23-21(27)22-17-9-11-19(12-10-17)28-15-16-7-5-4-6-8-16/h4-12,18H,13-15H2,1-3H3,(H2-,22,23,25,26,27)/p+1/t18-/m1/s1. The van der Waals surface area contributed by atoms with E-state index in [1.54, 1.807) is 24.3 Å². The van der Waals surface area contributed by atoms with Crippen LogP contribution in [-0.2, 0) is 11.4 Å². The Morgan fingerprint density at radius 3 is 2.25 bits per heavy atom. The second kappa shape index (κ2) is 9.75. The highest BCUT2D eigenvalue weighted by Crippen LogP contribution is 2.17. The first kappa shape index (κ1) is 21.2. The molecule has 7 nitrogen and oxygen atoms in total. The summed E-state index contributed by atoms with van der Waals surface area (Å²) < 4.78 is 6.27. The van der Waals surface area contributed by atoms with Crippen LogP contribution in [0.25, 0.3) is 0 Å². The molecule has 1 atom stereocenters. The van der Waals surface area contributed by atoms with Gasteiger partial charge in [-0.05, 0) is 29.8 Å². The molecule has 0 heterocycles. The third-order valence-electron chi connectivity index (χ3n) is 3.88. The molecule has 0 fully saturated rings. The van der Waals surface area contributed by atoms with Crippen molar-refractivity contribution in [2.45, 2.75) is 19.1 Å². The lowest BCUT2D eigenvalue weighted by molar-refractivity contribution is -0.871. The average Bonchev–Trinajstić information content (AvgIpc) is 2.60. The molecule has 150 valence electrons. The molecule has 0 radical (unpaired) electrons. The molecule has 0 saturated heterocycles. The van der Waals surface area contributed by atoms with Gasteiger partial charge in [0.25, 0.3) is 0 Å². The number of anilines is 1. The summed E-state index contributed by atoms with van der Waals surface area (Å²) in [6.45, 7) is 0.974. The fourth-order valence-corrected chi connectivity index (χ4v) is 2.76. The first-order valence-corrected chi connectivity index (χ1v) is 9.08. The maximum Gasteiger partial charge on any atom is 0.319 e. The number of carboxylic acids is 1. The summed E-state index contributed by atoms with van der Waals surface area (Å²) in [6.07, 6.45) is -0.130. The van der Waals surface area contributed by atoms with E-state index in [0.29, 0.717) is 29.1 Å². The first-order chi connectivity index (χ1) is 13.2. The van der Waals surface area contributed by atoms with Crippen molar-refractivity contribution < 1.29 is 23.9 Å². The van der Waals surface area contributed by atoms with E-state index in [9.17, 15) is 9.59 Å². The molecule has 28 heavy (non-hydrogen) atoms. The molecule has 2 aromatic rings. The summed E-state index contributed by atoms with van der Waals surface area (Å²) in [6, 6.07) is 16.0. The predicted octanol–water partition coefficient (Wildman–Crippen LogP) is 2.94. The molecule has 2 amide bonds. The van der Waals surface area contributed by atoms with Crippen molar-refractivity contribution in [3.05, 3.63) is 60.2 Å². The van der Waals surface area contributed by atoms with E-state index in [4.69, 9.17) is 9.84 Å². The number of amides is 2. The van der Waals surface area contributed by atoms with Gasteiger partial charge in [-0.1, -0.05) is 30.3 Å². The van der Waals surface area contributed by atoms with Gasteiger partial charge in [0, 0.05) is 5.69 Å². The number of carboxylic acid groups (broad SMARTS) is 1. The molecule has 2 rings (SSSR count). The maximum absolute atomic E-state index is 12.2. The van der Waals surface area contributed by atoms with Crippen molar-refractivity contribution in [1.29, 1.82) is 0 Å². The van der Waals surface area contributed by atoms with Crippen LogP contribution < -0.4 is 15.4 Å². The smallest absolute Gasteiger partial charge is 0.319 e. The number of urea groups is 1. The fraction of sp³-hybridized carbons (Fsp3) is 0.333. The van der Waals surface area contributed by atoms with Crippen LogP contribution in [0.1, 0.15) is 12.0 Å². The maximum atomic E-state index is 12.2. The number of ether oxygens (including phenoxy) is 1. The number of hydrogen-bond acceptors (Lipinski definition) is 3. The fourth-order valence-electron chi connectivity index (χ4n) is 2.76. The molecule has 2 aromatic carbocycles. The number of aliphatic carboxylic acids is 1. The zero-order chi connectivity index (χ0) is 20.6. The van der Waals surface area contributed by atoms with Gasteiger partial charge in [-0.25, -0.2) is 4.79 Å². The zero-order valence-corrected chi connectivity index (χ0v) is 16.5. The molecule has 0 saturated carbocycles. The number of nitrogens with one attached hydrogen (secondary N) is 2. The minimum Gasteiger partial charge on any atom is -0.489 e. The van der Waals surface area contributed by atoms with Crippen LogP contribution >= 0.6 is 0 Å². The van der Waals surface area contributed by atoms with Crippen LogP contribution in [0, 0.1) is 0 Å². The van der Waals surface area contributed by atoms with Crippen LogP contribution in [0.5, 0.6) is 5.75 Å². The molecule has 0 unspecified atom stereocenters. The zero-order valence-electron chi connectivity index (χ0n) is 16.5. The van der Waals surface area contributed by atoms with Gasteiger partial charge in [0.2, 0.25) is 0 Å². The molecule has 0 aliphatic heterocycles. The summed E-state index contributed by atoms with van der Waals surface area (Å²) in [5, 5.41) is 14.5. The minimum atomic E-state index is -0.946. The normalized spacial score (nSPS) is 12.1. The number of likely N-dealkylation sites (N-methyl/N-ethyl adjacent to an activating group) is 1. The molecule has 0 bridgehead atoms. The Bertz CT molecular complexity index is 770. The summed E-state index contributed by atoms with van der Waals surface area (Å²) in [5.74, 6) is -0.248. The number of rotatable bonds is 9. The van der Waals surface area contributed by atoms with E-state index < -0.39 is 18.0 Å². The van der Waals surface area contributed by atoms with E-state index in [-0.39, 0.29) is 6.42 Å². The third kappa shape index (κ3) is 8.09. The minimum absolute atomic E-state index is 0.130. The van der Waals surface area contributed by atoms with Gasteiger partial charge in [0.1, 0.15) is 12.4 Å². The summed E-state index contributed by atoms with van der Waals surface area (Å²) in [5.41, 5.74) is 1.68. The van der Waals surface area contributed by atoms with E-state index in [1.807, 2.05) is 51.5 Å². The van der Waals surface area contributed by atoms with Crippen LogP contribution in [0.4, 0.5) is 10.5 Å². The van der Waals surface area contributed by atoms with Crippen molar-refractivity contribution in [3.8, 4) is 5.75 Å². The Morgan fingerprint density at radius 2 is 1.68 bits per heavy atom. The quantitative estimate of drug-likeness (QED) is 0.578. The second-order valence-corrected chi connectivity index (χ2v) is 7.66. The molecular formula is C21H28N3O4+. The lowest BCUT2D eigenvalue weighted by Gasteiger charge is -2.29. The summed E-state index contributed by atoms with van der Waals surface area (Å²) in [4.78, 5) is 23.3. The number of benzene rings is 2. The molecule has 0 spiro atoms. The van der Waals surface area contributed by atoms with Gasteiger partial charge in [-0.3, -0.25) is 4.79 Å². The van der Waals surface area contributed by atoms with Gasteiger partial charge < -0.3 is 25.0 Å². The van der Waals surface area contributed by atoms with Crippen LogP contribution in [-0.4, -0.2) is 55.3 Å². The van der Waals surface area contributed by atoms with Crippen LogP contribution in [0.3, 0.4) is 0 Å². The number of carbonyl (C=O) groups excluding carboxylic acids is 1. The van der Waals surface area contributed by atoms with Crippen molar-refractivity contribution in [2.75, 3.05) is 33.0 Å². The average molecular weight is 386 g/mol. The number of carbonyl (C=O) groups is 2. The van der Waals surface area contributed by atoms with Crippen LogP contribution in [0.15, 0.2) is 54.6 Å². The molecular weight excluding hydrogens is 358 g/mol. The van der Waals surface area contributed by atoms with Crippen molar-refractivity contribution in [2.24, 2.45) is 0 Å². The second-order valence-electron chi connectivity index (χ2n) is 7.66. The molecule has 3 N–H and O–H groups in total. The van der Waals surface area contributed by atoms with Crippen molar-refractivity contribution in [3.63, 3.8) is 0 Å². The van der Waals surface area contributed by atoms with Gasteiger partial charge in [-0.15, -0.1) is 0 Å². The highest BCUT2D eigenvalue weighted by atomic mass is 16.5. The predicted molar refractivity (Wildman–Crippen MR) is 108 cm³/mol. The number of nitrogens with zero attached hydrogens (tertiary/aromatic N) is 1. The highest BCUT2D eigenvalue weighted by Gasteiger charge is 2.22. The Labute approximate surface area is 165 Å². The Hall–Kier alpha value is -3.06. The topological polar surface area (TPSA) is 87.7 Å². The van der Waals surface area contributed by atoms with Crippen molar-refractivity contribution >= 4 is 17.7 Å². The SMILES string of the molecule is C[N+](C)(C)C[C@@H](CC(=O)O)NC(=O)Nc1ccc(OCc2ccccc2)cc1. The number of quaternary nitrogens is 1. The molecule has 0 aliphatic rings. The van der Waals surface area contributed by atoms with Gasteiger partial charge in [0.05, 0.1) is 40.2 Å². The first-order valence-electron chi connectivity index (χ1n) is 9.08. The third-order valence-corrected chi connectivity index (χ3v) is 3.88. The summed E-state index contributed by atoms with van der Waals surface area (Å²) >= 11 is 0. The van der Waals surface area contributed by atoms with Crippen LogP contribution in [0.2, 0.25) is 0 Å². The van der Waals surface area contributed by atoms with Gasteiger partial charge in [0.15, 0.2) is 0 Å². The Morgan fingerprint density at radius 1 is 1.04 bits per heavy atom. The Balaban J connectivity index is 1.87. The largest absolute Gasteiger partial charge is 0.489 e. The van der Waals surface area contributed by atoms with E-state index >= 15 is 0 Å². The molecule has 0 aliphatic carbocycles. The van der Waals surface area contributed by atoms with E-state index in [1.165, 1.54) is 0 Å². The van der Waals surface area contributed by atoms with Gasteiger partial charge in [-0.2, -0.15) is 0 Å². The number of hydrogen-bond donors (Lipinski definition) is 3. The Kier molecular flexibility index (Phi) is 7.40. The highest BCUT2D eigenvalue weighted by molar-refractivity contribution is 5.89. The van der Waals surface area contributed by atoms with E-state index in [2.05, 4.69) is 10.6 Å². The molecule has 7 heteroatoms.